The molecule has 0 unspecified atom stereocenters. The van der Waals surface area contributed by atoms with Crippen LogP contribution in [0.25, 0.3) is 0 Å². The molecule has 0 aromatic carbocycles. The zero-order chi connectivity index (χ0) is 11.8. The van der Waals surface area contributed by atoms with E-state index in [1.807, 2.05) is 41.5 Å². The Kier molecular flexibility index (Phi) is 2.93. The second-order valence-electron chi connectivity index (χ2n) is 4.88. The number of nitrogens with one attached hydrogen (secondary N) is 1. The number of carbonyl (C=O) groups excluding carboxylic acids is 1. The Balaban J connectivity index is 2.98. The normalized spacial score (nSPS) is 11.6. The largest absolute Gasteiger partial charge is 0.455 e. The monoisotopic (exact) mass is 209 g/mol. The fraction of sp³-hybridized carbons (Fsp3) is 0.583. The van der Waals surface area contributed by atoms with Crippen molar-refractivity contribution in [3.05, 3.63) is 22.5 Å². The van der Waals surface area contributed by atoms with E-state index in [0.717, 1.165) is 16.8 Å². The van der Waals surface area contributed by atoms with Crippen LogP contribution in [0, 0.1) is 20.8 Å². The Bertz CT molecular complexity index is 383. The van der Waals surface area contributed by atoms with Crippen molar-refractivity contribution < 1.29 is 9.53 Å². The van der Waals surface area contributed by atoms with Crippen molar-refractivity contribution in [3.63, 3.8) is 0 Å². The first-order chi connectivity index (χ1) is 6.72. The van der Waals surface area contributed by atoms with Crippen molar-refractivity contribution in [2.24, 2.45) is 0 Å². The molecule has 1 aromatic rings. The Morgan fingerprint density at radius 1 is 1.13 bits per heavy atom. The number of aromatic nitrogens is 1. The molecule has 1 heterocycles. The van der Waals surface area contributed by atoms with Gasteiger partial charge < -0.3 is 9.72 Å². The molecule has 0 bridgehead atoms. The van der Waals surface area contributed by atoms with Crippen molar-refractivity contribution in [3.8, 4) is 0 Å². The number of hydrogen-bond donors (Lipinski definition) is 1. The third kappa shape index (κ3) is 2.61. The highest BCUT2D eigenvalue weighted by molar-refractivity contribution is 5.90. The molecule has 0 radical (unpaired) electrons. The Morgan fingerprint density at radius 3 is 2.00 bits per heavy atom. The highest BCUT2D eigenvalue weighted by Crippen LogP contribution is 2.19. The van der Waals surface area contributed by atoms with Crippen LogP contribution in [0.5, 0.6) is 0 Å². The van der Waals surface area contributed by atoms with E-state index in [1.165, 1.54) is 0 Å². The lowest BCUT2D eigenvalue weighted by Gasteiger charge is -2.19. The van der Waals surface area contributed by atoms with E-state index in [9.17, 15) is 4.79 Å². The SMILES string of the molecule is Cc1[nH]c(C(=O)OC(C)(C)C)c(C)c1C. The summed E-state index contributed by atoms with van der Waals surface area (Å²) in [5.41, 5.74) is 3.24. The van der Waals surface area contributed by atoms with Crippen LogP contribution in [0.1, 0.15) is 48.1 Å². The molecule has 0 aliphatic rings. The highest BCUT2D eigenvalue weighted by atomic mass is 16.6. The lowest BCUT2D eigenvalue weighted by atomic mass is 10.1. The van der Waals surface area contributed by atoms with E-state index in [0.29, 0.717) is 5.69 Å². The minimum Gasteiger partial charge on any atom is -0.455 e. The molecule has 0 saturated heterocycles. The van der Waals surface area contributed by atoms with Crippen LogP contribution in [0.2, 0.25) is 0 Å². The first kappa shape index (κ1) is 11.8. The van der Waals surface area contributed by atoms with Crippen LogP contribution < -0.4 is 0 Å². The van der Waals surface area contributed by atoms with Gasteiger partial charge in [0.25, 0.3) is 0 Å². The zero-order valence-corrected chi connectivity index (χ0v) is 10.3. The number of hydrogen-bond acceptors (Lipinski definition) is 2. The van der Waals surface area contributed by atoms with Gasteiger partial charge in [-0.3, -0.25) is 0 Å². The fourth-order valence-corrected chi connectivity index (χ4v) is 1.38. The Labute approximate surface area is 90.8 Å². The second kappa shape index (κ2) is 3.72. The van der Waals surface area contributed by atoms with Crippen LogP contribution in [-0.2, 0) is 4.74 Å². The van der Waals surface area contributed by atoms with Gasteiger partial charge in [0.2, 0.25) is 0 Å². The number of aromatic amines is 1. The van der Waals surface area contributed by atoms with Gasteiger partial charge in [0, 0.05) is 5.69 Å². The summed E-state index contributed by atoms with van der Waals surface area (Å²) in [6.07, 6.45) is 0. The summed E-state index contributed by atoms with van der Waals surface area (Å²) < 4.78 is 5.30. The van der Waals surface area contributed by atoms with Crippen molar-refractivity contribution in [2.45, 2.75) is 47.1 Å². The van der Waals surface area contributed by atoms with Gasteiger partial charge in [0.1, 0.15) is 11.3 Å². The van der Waals surface area contributed by atoms with E-state index in [2.05, 4.69) is 4.98 Å². The molecule has 3 nitrogen and oxygen atoms in total. The molecule has 1 N–H and O–H groups in total. The molecule has 1 aromatic heterocycles. The van der Waals surface area contributed by atoms with Gasteiger partial charge in [-0.25, -0.2) is 4.79 Å². The van der Waals surface area contributed by atoms with Gasteiger partial charge in [-0.2, -0.15) is 0 Å². The van der Waals surface area contributed by atoms with Gasteiger partial charge in [-0.1, -0.05) is 0 Å². The maximum atomic E-state index is 11.8. The molecule has 15 heavy (non-hydrogen) atoms. The second-order valence-corrected chi connectivity index (χ2v) is 4.88. The lowest BCUT2D eigenvalue weighted by Crippen LogP contribution is -2.24. The maximum Gasteiger partial charge on any atom is 0.355 e. The molecule has 0 amide bonds. The van der Waals surface area contributed by atoms with Crippen molar-refractivity contribution >= 4 is 5.97 Å². The Hall–Kier alpha value is -1.25. The number of aryl methyl sites for hydroxylation is 1. The van der Waals surface area contributed by atoms with Crippen molar-refractivity contribution in [1.29, 1.82) is 0 Å². The van der Waals surface area contributed by atoms with Crippen molar-refractivity contribution in [2.75, 3.05) is 0 Å². The van der Waals surface area contributed by atoms with E-state index in [4.69, 9.17) is 4.74 Å². The number of H-pyrrole nitrogens is 1. The number of ether oxygens (including phenoxy) is 1. The van der Waals surface area contributed by atoms with Gasteiger partial charge >= 0.3 is 5.97 Å². The summed E-state index contributed by atoms with van der Waals surface area (Å²) in [7, 11) is 0. The number of rotatable bonds is 1. The molecule has 0 saturated carbocycles. The van der Waals surface area contributed by atoms with E-state index in [-0.39, 0.29) is 5.97 Å². The van der Waals surface area contributed by atoms with Gasteiger partial charge in [-0.15, -0.1) is 0 Å². The topological polar surface area (TPSA) is 42.1 Å². The standard InChI is InChI=1S/C12H19NO2/c1-7-8(2)10(13-9(7)3)11(14)15-12(4,5)6/h13H,1-6H3. The summed E-state index contributed by atoms with van der Waals surface area (Å²) >= 11 is 0. The zero-order valence-electron chi connectivity index (χ0n) is 10.3. The molecule has 0 fully saturated rings. The minimum atomic E-state index is -0.448. The van der Waals surface area contributed by atoms with Crippen LogP contribution in [0.15, 0.2) is 0 Å². The number of esters is 1. The average molecular weight is 209 g/mol. The molecular formula is C12H19NO2. The highest BCUT2D eigenvalue weighted by Gasteiger charge is 2.21. The first-order valence-electron chi connectivity index (χ1n) is 5.11. The molecule has 0 aliphatic carbocycles. The maximum absolute atomic E-state index is 11.8. The minimum absolute atomic E-state index is 0.281. The van der Waals surface area contributed by atoms with Crippen LogP contribution in [-0.4, -0.2) is 16.6 Å². The lowest BCUT2D eigenvalue weighted by molar-refractivity contribution is 0.00626. The van der Waals surface area contributed by atoms with Crippen LogP contribution in [0.3, 0.4) is 0 Å². The summed E-state index contributed by atoms with van der Waals surface area (Å²) in [5, 5.41) is 0. The molecular weight excluding hydrogens is 190 g/mol. The molecule has 84 valence electrons. The fourth-order valence-electron chi connectivity index (χ4n) is 1.38. The van der Waals surface area contributed by atoms with Gasteiger partial charge in [-0.05, 0) is 52.7 Å². The van der Waals surface area contributed by atoms with E-state index in [1.54, 1.807) is 0 Å². The average Bonchev–Trinajstić information content (AvgIpc) is 2.30. The predicted molar refractivity (Wildman–Crippen MR) is 60.2 cm³/mol. The van der Waals surface area contributed by atoms with Gasteiger partial charge in [0.05, 0.1) is 0 Å². The summed E-state index contributed by atoms with van der Waals surface area (Å²) in [4.78, 5) is 14.9. The van der Waals surface area contributed by atoms with Crippen molar-refractivity contribution in [1.82, 2.24) is 4.98 Å². The van der Waals surface area contributed by atoms with Crippen LogP contribution >= 0.6 is 0 Å². The summed E-state index contributed by atoms with van der Waals surface area (Å²) in [6, 6.07) is 0. The van der Waals surface area contributed by atoms with Gasteiger partial charge in [0.15, 0.2) is 0 Å². The molecule has 0 atom stereocenters. The third-order valence-electron chi connectivity index (χ3n) is 2.42. The Morgan fingerprint density at radius 2 is 1.67 bits per heavy atom. The smallest absolute Gasteiger partial charge is 0.355 e. The quantitative estimate of drug-likeness (QED) is 0.722. The third-order valence-corrected chi connectivity index (χ3v) is 2.42. The van der Waals surface area contributed by atoms with Crippen LogP contribution in [0.4, 0.5) is 0 Å². The first-order valence-corrected chi connectivity index (χ1v) is 5.11. The molecule has 3 heteroatoms. The van der Waals surface area contributed by atoms with E-state index >= 15 is 0 Å². The molecule has 1 rings (SSSR count). The molecule has 0 spiro atoms. The van der Waals surface area contributed by atoms with E-state index < -0.39 is 5.60 Å². The predicted octanol–water partition coefficient (Wildman–Crippen LogP) is 2.90. The molecule has 0 aliphatic heterocycles. The summed E-state index contributed by atoms with van der Waals surface area (Å²) in [6.45, 7) is 11.5. The summed E-state index contributed by atoms with van der Waals surface area (Å²) in [5.74, 6) is -0.281. The number of carbonyl (C=O) groups is 1.